The van der Waals surface area contributed by atoms with Crippen LogP contribution in [0, 0.1) is 0 Å². The third-order valence-corrected chi connectivity index (χ3v) is 10.0. The number of nitrogens with two attached hydrogens (primary N) is 1. The van der Waals surface area contributed by atoms with Crippen LogP contribution in [0.3, 0.4) is 0 Å². The van der Waals surface area contributed by atoms with Crippen molar-refractivity contribution in [1.29, 1.82) is 0 Å². The maximum Gasteiger partial charge on any atom is 0.259 e. The molecule has 2 heterocycles. The van der Waals surface area contributed by atoms with Gasteiger partial charge in [0.2, 0.25) is 0 Å². The smallest absolute Gasteiger partial charge is 0.259 e. The molecule has 1 aliphatic carbocycles. The first-order valence-electron chi connectivity index (χ1n) is 12.0. The quantitative estimate of drug-likeness (QED) is 0.632. The van der Waals surface area contributed by atoms with Crippen molar-refractivity contribution >= 4 is 33.2 Å². The highest BCUT2D eigenvalue weighted by Gasteiger charge is 2.47. The summed E-state index contributed by atoms with van der Waals surface area (Å²) in [7, 11) is -3.94. The fraction of sp³-hybridized carbons (Fsp3) is 0.520. The van der Waals surface area contributed by atoms with E-state index in [4.69, 9.17) is 5.73 Å². The van der Waals surface area contributed by atoms with E-state index in [1.54, 1.807) is 23.6 Å². The van der Waals surface area contributed by atoms with Gasteiger partial charge in [-0.3, -0.25) is 9.59 Å². The summed E-state index contributed by atoms with van der Waals surface area (Å²) >= 11 is 1.10. The van der Waals surface area contributed by atoms with E-state index < -0.39 is 22.1 Å². The van der Waals surface area contributed by atoms with E-state index in [9.17, 15) is 18.0 Å². The zero-order valence-corrected chi connectivity index (χ0v) is 22.1. The van der Waals surface area contributed by atoms with Crippen molar-refractivity contribution in [3.8, 4) is 0 Å². The maximum atomic E-state index is 13.5. The Morgan fingerprint density at radius 2 is 1.69 bits per heavy atom. The Bertz CT molecular complexity index is 1150. The van der Waals surface area contributed by atoms with Gasteiger partial charge in [0.25, 0.3) is 21.8 Å². The largest absolute Gasteiger partial charge is 0.350 e. The first-order valence-corrected chi connectivity index (χ1v) is 14.3. The number of hydrogen-bond donors (Lipinski definition) is 2. The summed E-state index contributed by atoms with van der Waals surface area (Å²) in [4.78, 5) is 28.4. The Morgan fingerprint density at radius 1 is 1.03 bits per heavy atom. The second-order valence-corrected chi connectivity index (χ2v) is 13.4. The summed E-state index contributed by atoms with van der Waals surface area (Å²) in [5.41, 5.74) is 7.44. The van der Waals surface area contributed by atoms with E-state index in [-0.39, 0.29) is 40.7 Å². The lowest BCUT2D eigenvalue weighted by molar-refractivity contribution is -0.128. The lowest BCUT2D eigenvalue weighted by Crippen LogP contribution is -2.56. The number of benzene rings is 1. The van der Waals surface area contributed by atoms with Gasteiger partial charge in [-0.15, -0.1) is 11.3 Å². The highest BCUT2D eigenvalue weighted by molar-refractivity contribution is 7.91. The molecule has 10 heteroatoms. The number of nitrogens with one attached hydrogen (secondary N) is 1. The Balaban J connectivity index is 1.62. The number of amides is 2. The van der Waals surface area contributed by atoms with Crippen LogP contribution < -0.4 is 11.1 Å². The van der Waals surface area contributed by atoms with Crippen LogP contribution in [-0.2, 0) is 20.2 Å². The molecule has 35 heavy (non-hydrogen) atoms. The predicted octanol–water partition coefficient (Wildman–Crippen LogP) is 2.90. The van der Waals surface area contributed by atoms with Gasteiger partial charge >= 0.3 is 0 Å². The molecule has 1 saturated heterocycles. The standard InChI is InChI=1S/C25H34N4O4S2/c1-25(2,3)18-8-6-17(7-9-18)24(31)28-14-15-29(35(32,33)21-5-4-16-34-21)23(28)22(30)27-20-12-10-19(26)11-13-20/h4-9,16,19-20,23H,10-15,26H2,1-3H3,(H,27,30). The number of nitrogens with zero attached hydrogens (tertiary/aromatic N) is 2. The third-order valence-electron chi connectivity index (χ3n) is 6.80. The van der Waals surface area contributed by atoms with Gasteiger partial charge in [-0.05, 0) is 60.2 Å². The molecule has 3 N–H and O–H groups in total. The maximum absolute atomic E-state index is 13.5. The Hall–Kier alpha value is -2.27. The molecule has 0 radical (unpaired) electrons. The summed E-state index contributed by atoms with van der Waals surface area (Å²) in [5, 5.41) is 4.69. The molecule has 1 aliphatic heterocycles. The lowest BCUT2D eigenvalue weighted by Gasteiger charge is -2.32. The number of hydrogen-bond acceptors (Lipinski definition) is 6. The number of sulfonamides is 1. The summed E-state index contributed by atoms with van der Waals surface area (Å²) in [6, 6.07) is 10.5. The van der Waals surface area contributed by atoms with Crippen LogP contribution in [0.1, 0.15) is 62.4 Å². The number of rotatable bonds is 5. The average molecular weight is 519 g/mol. The summed E-state index contributed by atoms with van der Waals surface area (Å²) < 4.78 is 28.1. The van der Waals surface area contributed by atoms with Crippen molar-refractivity contribution in [2.45, 2.75) is 74.3 Å². The van der Waals surface area contributed by atoms with Crippen LogP contribution in [0.4, 0.5) is 0 Å². The van der Waals surface area contributed by atoms with Crippen molar-refractivity contribution in [3.63, 3.8) is 0 Å². The molecule has 2 aliphatic rings. The van der Waals surface area contributed by atoms with Gasteiger partial charge in [-0.2, -0.15) is 4.31 Å². The minimum absolute atomic E-state index is 0.0552. The first kappa shape index (κ1) is 25.8. The van der Waals surface area contributed by atoms with E-state index >= 15 is 0 Å². The lowest BCUT2D eigenvalue weighted by atomic mass is 9.86. The highest BCUT2D eigenvalue weighted by Crippen LogP contribution is 2.30. The molecule has 0 spiro atoms. The molecule has 190 valence electrons. The first-order chi connectivity index (χ1) is 16.5. The third kappa shape index (κ3) is 5.45. The van der Waals surface area contributed by atoms with Crippen LogP contribution in [0.5, 0.6) is 0 Å². The zero-order chi connectivity index (χ0) is 25.4. The Kier molecular flexibility index (Phi) is 7.38. The highest BCUT2D eigenvalue weighted by atomic mass is 32.2. The summed E-state index contributed by atoms with van der Waals surface area (Å²) in [6.45, 7) is 6.47. The van der Waals surface area contributed by atoms with E-state index in [0.717, 1.165) is 46.9 Å². The molecule has 2 aromatic rings. The fourth-order valence-electron chi connectivity index (χ4n) is 4.69. The van der Waals surface area contributed by atoms with Crippen molar-refractivity contribution in [2.75, 3.05) is 13.1 Å². The predicted molar refractivity (Wildman–Crippen MR) is 137 cm³/mol. The molecule has 1 saturated carbocycles. The zero-order valence-electron chi connectivity index (χ0n) is 20.4. The SMILES string of the molecule is CC(C)(C)c1ccc(C(=O)N2CCN(S(=O)(=O)c3cccs3)C2C(=O)NC2CCC(N)CC2)cc1. The summed E-state index contributed by atoms with van der Waals surface area (Å²) in [6.07, 6.45) is 1.83. The minimum atomic E-state index is -3.94. The molecule has 2 amide bonds. The fourth-order valence-corrected chi connectivity index (χ4v) is 7.35. The Morgan fingerprint density at radius 3 is 2.26 bits per heavy atom. The molecule has 1 aromatic carbocycles. The molecule has 4 rings (SSSR count). The molecular weight excluding hydrogens is 484 g/mol. The van der Waals surface area contributed by atoms with E-state index in [0.29, 0.717) is 5.56 Å². The van der Waals surface area contributed by atoms with Crippen molar-refractivity contribution < 1.29 is 18.0 Å². The van der Waals surface area contributed by atoms with E-state index in [1.807, 2.05) is 12.1 Å². The van der Waals surface area contributed by atoms with Crippen LogP contribution in [-0.4, -0.2) is 60.8 Å². The van der Waals surface area contributed by atoms with Gasteiger partial charge < -0.3 is 16.0 Å². The van der Waals surface area contributed by atoms with E-state index in [2.05, 4.69) is 26.1 Å². The number of carbonyl (C=O) groups excluding carboxylic acids is 2. The second kappa shape index (κ2) is 10.0. The minimum Gasteiger partial charge on any atom is -0.350 e. The molecule has 1 aromatic heterocycles. The van der Waals surface area contributed by atoms with Gasteiger partial charge in [-0.25, -0.2) is 8.42 Å². The van der Waals surface area contributed by atoms with Gasteiger partial charge in [0.15, 0.2) is 6.17 Å². The average Bonchev–Trinajstić information content (AvgIpc) is 3.51. The normalized spacial score (nSPS) is 23.9. The van der Waals surface area contributed by atoms with E-state index in [1.165, 1.54) is 11.0 Å². The Labute approximate surface area is 211 Å². The number of thiophene rings is 1. The number of carbonyl (C=O) groups is 2. The van der Waals surface area contributed by atoms with Crippen LogP contribution in [0.15, 0.2) is 46.0 Å². The summed E-state index contributed by atoms with van der Waals surface area (Å²) in [5.74, 6) is -0.831. The topological polar surface area (TPSA) is 113 Å². The van der Waals surface area contributed by atoms with Crippen LogP contribution >= 0.6 is 11.3 Å². The molecule has 2 fully saturated rings. The van der Waals surface area contributed by atoms with Gasteiger partial charge in [0.05, 0.1) is 0 Å². The van der Waals surface area contributed by atoms with Crippen LogP contribution in [0.2, 0.25) is 0 Å². The molecule has 8 nitrogen and oxygen atoms in total. The molecule has 1 unspecified atom stereocenters. The molecule has 1 atom stereocenters. The van der Waals surface area contributed by atoms with Crippen molar-refractivity contribution in [1.82, 2.24) is 14.5 Å². The molecule has 0 bridgehead atoms. The van der Waals surface area contributed by atoms with Crippen LogP contribution in [0.25, 0.3) is 0 Å². The second-order valence-electron chi connectivity index (χ2n) is 10.4. The molecular formula is C25H34N4O4S2. The monoisotopic (exact) mass is 518 g/mol. The van der Waals surface area contributed by atoms with Gasteiger partial charge in [0, 0.05) is 30.7 Å². The van der Waals surface area contributed by atoms with Crippen molar-refractivity contribution in [3.05, 3.63) is 52.9 Å². The van der Waals surface area contributed by atoms with Gasteiger partial charge in [0.1, 0.15) is 4.21 Å². The van der Waals surface area contributed by atoms with Gasteiger partial charge in [-0.1, -0.05) is 39.0 Å². The van der Waals surface area contributed by atoms with Crippen molar-refractivity contribution in [2.24, 2.45) is 5.73 Å².